The Balaban J connectivity index is 1.76. The minimum atomic E-state index is -0.465. The summed E-state index contributed by atoms with van der Waals surface area (Å²) < 4.78 is 7.07. The van der Waals surface area contributed by atoms with Gasteiger partial charge in [-0.25, -0.2) is 4.68 Å². The van der Waals surface area contributed by atoms with Crippen molar-refractivity contribution >= 4 is 12.0 Å². The van der Waals surface area contributed by atoms with Gasteiger partial charge in [-0.1, -0.05) is 53.7 Å². The lowest BCUT2D eigenvalue weighted by Gasteiger charge is -2.07. The van der Waals surface area contributed by atoms with E-state index in [9.17, 15) is 4.79 Å². The number of hydrogen-bond donors (Lipinski definition) is 1. The Hall–Kier alpha value is -3.41. The van der Waals surface area contributed by atoms with Crippen molar-refractivity contribution in [2.24, 2.45) is 5.73 Å². The number of ether oxygens (including phenoxy) is 1. The Morgan fingerprint density at radius 1 is 1.15 bits per heavy atom. The van der Waals surface area contributed by atoms with Gasteiger partial charge in [-0.05, 0) is 17.7 Å². The summed E-state index contributed by atoms with van der Waals surface area (Å²) in [4.78, 5) is 11.8. The predicted octanol–water partition coefficient (Wildman–Crippen LogP) is 2.45. The van der Waals surface area contributed by atoms with Crippen LogP contribution < -0.4 is 10.5 Å². The zero-order valence-corrected chi connectivity index (χ0v) is 14.5. The third-order valence-electron chi connectivity index (χ3n) is 3.94. The molecule has 0 saturated carbocycles. The molecule has 6 nitrogen and oxygen atoms in total. The van der Waals surface area contributed by atoms with Gasteiger partial charge in [-0.2, -0.15) is 0 Å². The number of para-hydroxylation sites is 1. The van der Waals surface area contributed by atoms with Gasteiger partial charge in [0.05, 0.1) is 19.3 Å². The van der Waals surface area contributed by atoms with Crippen molar-refractivity contribution in [2.75, 3.05) is 7.11 Å². The first kappa shape index (κ1) is 17.4. The third-order valence-corrected chi connectivity index (χ3v) is 3.94. The van der Waals surface area contributed by atoms with Gasteiger partial charge in [0.15, 0.2) is 0 Å². The molecule has 0 aliphatic heterocycles. The zero-order chi connectivity index (χ0) is 18.4. The van der Waals surface area contributed by atoms with Crippen molar-refractivity contribution in [1.82, 2.24) is 15.0 Å². The van der Waals surface area contributed by atoms with E-state index in [0.29, 0.717) is 24.2 Å². The number of carbonyl (C=O) groups is 1. The number of amides is 1. The highest BCUT2D eigenvalue weighted by Gasteiger charge is 2.11. The van der Waals surface area contributed by atoms with E-state index < -0.39 is 5.91 Å². The van der Waals surface area contributed by atoms with Crippen molar-refractivity contribution in [1.29, 1.82) is 0 Å². The molecule has 0 unspecified atom stereocenters. The molecule has 0 spiro atoms. The van der Waals surface area contributed by atoms with Crippen molar-refractivity contribution in [3.8, 4) is 5.75 Å². The maximum Gasteiger partial charge on any atom is 0.245 e. The van der Waals surface area contributed by atoms with Gasteiger partial charge < -0.3 is 10.5 Å². The molecule has 132 valence electrons. The Morgan fingerprint density at radius 3 is 2.62 bits per heavy atom. The normalized spacial score (nSPS) is 11.3. The van der Waals surface area contributed by atoms with Crippen molar-refractivity contribution in [2.45, 2.75) is 13.0 Å². The average molecular weight is 348 g/mol. The maximum absolute atomic E-state index is 11.8. The van der Waals surface area contributed by atoms with Gasteiger partial charge in [0.2, 0.25) is 5.91 Å². The molecule has 6 heteroatoms. The van der Waals surface area contributed by atoms with Crippen LogP contribution in [0.5, 0.6) is 5.75 Å². The number of nitrogens with zero attached hydrogens (tertiary/aromatic N) is 3. The van der Waals surface area contributed by atoms with E-state index in [4.69, 9.17) is 10.5 Å². The monoisotopic (exact) mass is 348 g/mol. The minimum Gasteiger partial charge on any atom is -0.496 e. The molecule has 3 aromatic rings. The molecule has 0 radical (unpaired) electrons. The minimum absolute atomic E-state index is 0.330. The molecule has 0 aliphatic rings. The quantitative estimate of drug-likeness (QED) is 0.665. The third kappa shape index (κ3) is 4.36. The lowest BCUT2D eigenvalue weighted by Crippen LogP contribution is -2.15. The molecular formula is C20H20N4O2. The number of primary amides is 1. The molecule has 3 rings (SSSR count). The number of aromatic nitrogens is 3. The topological polar surface area (TPSA) is 83.0 Å². The van der Waals surface area contributed by atoms with Gasteiger partial charge >= 0.3 is 0 Å². The van der Waals surface area contributed by atoms with Crippen LogP contribution in [0.25, 0.3) is 6.08 Å². The summed E-state index contributed by atoms with van der Waals surface area (Å²) in [7, 11) is 1.64. The summed E-state index contributed by atoms with van der Waals surface area (Å²) >= 11 is 0. The Morgan fingerprint density at radius 2 is 1.88 bits per heavy atom. The van der Waals surface area contributed by atoms with Gasteiger partial charge in [-0.3, -0.25) is 4.79 Å². The van der Waals surface area contributed by atoms with E-state index in [0.717, 1.165) is 16.9 Å². The standard InChI is InChI=1S/C20H20N4O2/c1-26-19-10-6-5-9-16(19)13-24-14-18(22-23-24)12-17(20(21)25)11-15-7-3-2-4-8-15/h2-11,14H,12-13H2,1H3,(H2,21,25). The molecule has 26 heavy (non-hydrogen) atoms. The fourth-order valence-electron chi connectivity index (χ4n) is 2.66. The van der Waals surface area contributed by atoms with E-state index in [1.807, 2.05) is 60.8 Å². The first-order valence-corrected chi connectivity index (χ1v) is 8.22. The fourth-order valence-corrected chi connectivity index (χ4v) is 2.66. The molecule has 0 fully saturated rings. The second-order valence-corrected chi connectivity index (χ2v) is 5.84. The number of nitrogens with two attached hydrogens (primary N) is 1. The fraction of sp³-hybridized carbons (Fsp3) is 0.150. The van der Waals surface area contributed by atoms with Gasteiger partial charge in [0.1, 0.15) is 5.75 Å². The van der Waals surface area contributed by atoms with Crippen molar-refractivity contribution < 1.29 is 9.53 Å². The van der Waals surface area contributed by atoms with Crippen molar-refractivity contribution in [3.63, 3.8) is 0 Å². The SMILES string of the molecule is COc1ccccc1Cn1cc(CC(=Cc2ccccc2)C(N)=O)nn1. The molecular weight excluding hydrogens is 328 g/mol. The molecule has 0 bridgehead atoms. The Kier molecular flexibility index (Phi) is 5.43. The maximum atomic E-state index is 11.8. The lowest BCUT2D eigenvalue weighted by molar-refractivity contribution is -0.114. The lowest BCUT2D eigenvalue weighted by atomic mass is 10.1. The molecule has 2 N–H and O–H groups in total. The van der Waals surface area contributed by atoms with Crippen LogP contribution in [-0.2, 0) is 17.8 Å². The molecule has 0 saturated heterocycles. The number of rotatable bonds is 7. The largest absolute Gasteiger partial charge is 0.496 e. The van der Waals surface area contributed by atoms with Gasteiger partial charge in [0.25, 0.3) is 0 Å². The van der Waals surface area contributed by atoms with E-state index in [1.54, 1.807) is 17.9 Å². The highest BCUT2D eigenvalue weighted by Crippen LogP contribution is 2.18. The van der Waals surface area contributed by atoms with E-state index >= 15 is 0 Å². The van der Waals surface area contributed by atoms with Crippen LogP contribution in [0, 0.1) is 0 Å². The van der Waals surface area contributed by atoms with Crippen LogP contribution in [0.15, 0.2) is 66.4 Å². The smallest absolute Gasteiger partial charge is 0.245 e. The highest BCUT2D eigenvalue weighted by atomic mass is 16.5. The van der Waals surface area contributed by atoms with Crippen LogP contribution in [0.3, 0.4) is 0 Å². The second-order valence-electron chi connectivity index (χ2n) is 5.84. The molecule has 0 aliphatic carbocycles. The van der Waals surface area contributed by atoms with E-state index in [1.165, 1.54) is 0 Å². The first-order chi connectivity index (χ1) is 12.7. The second kappa shape index (κ2) is 8.11. The van der Waals surface area contributed by atoms with E-state index in [-0.39, 0.29) is 0 Å². The Labute approximate surface area is 151 Å². The molecule has 0 atom stereocenters. The summed E-state index contributed by atoms with van der Waals surface area (Å²) in [5, 5.41) is 8.29. The molecule has 1 amide bonds. The van der Waals surface area contributed by atoms with Gasteiger partial charge in [0, 0.05) is 23.8 Å². The van der Waals surface area contributed by atoms with Crippen LogP contribution in [0.4, 0.5) is 0 Å². The van der Waals surface area contributed by atoms with E-state index in [2.05, 4.69) is 10.3 Å². The summed E-state index contributed by atoms with van der Waals surface area (Å²) in [5.41, 5.74) is 8.61. The first-order valence-electron chi connectivity index (χ1n) is 8.22. The van der Waals surface area contributed by atoms with Gasteiger partial charge in [-0.15, -0.1) is 5.10 Å². The predicted molar refractivity (Wildman–Crippen MR) is 99.4 cm³/mol. The molecule has 1 aromatic heterocycles. The number of methoxy groups -OCH3 is 1. The number of hydrogen-bond acceptors (Lipinski definition) is 4. The van der Waals surface area contributed by atoms with Crippen LogP contribution in [0.2, 0.25) is 0 Å². The number of benzene rings is 2. The van der Waals surface area contributed by atoms with Crippen molar-refractivity contribution in [3.05, 3.63) is 83.2 Å². The average Bonchev–Trinajstić information content (AvgIpc) is 3.09. The molecule has 1 heterocycles. The highest BCUT2D eigenvalue weighted by molar-refractivity contribution is 5.96. The Bertz CT molecular complexity index is 916. The van der Waals surface area contributed by atoms with Crippen LogP contribution in [-0.4, -0.2) is 28.0 Å². The van der Waals surface area contributed by atoms with Crippen LogP contribution in [0.1, 0.15) is 16.8 Å². The summed E-state index contributed by atoms with van der Waals surface area (Å²) in [6.45, 7) is 0.533. The summed E-state index contributed by atoms with van der Waals surface area (Å²) in [6, 6.07) is 17.3. The number of carbonyl (C=O) groups excluding carboxylic acids is 1. The zero-order valence-electron chi connectivity index (χ0n) is 14.5. The summed E-state index contributed by atoms with van der Waals surface area (Å²) in [5.74, 6) is 0.333. The molecule has 2 aromatic carbocycles. The van der Waals surface area contributed by atoms with Crippen LogP contribution >= 0.6 is 0 Å². The summed E-state index contributed by atoms with van der Waals surface area (Å²) in [6.07, 6.45) is 3.92.